The zero-order valence-electron chi connectivity index (χ0n) is 7.47. The number of nitrogens with zero attached hydrogens (tertiary/aromatic N) is 1. The Bertz CT molecular complexity index is 541. The van der Waals surface area contributed by atoms with E-state index in [2.05, 4.69) is 4.98 Å². The molecule has 1 aromatic heterocycles. The van der Waals surface area contributed by atoms with Gasteiger partial charge in [-0.25, -0.2) is 0 Å². The van der Waals surface area contributed by atoms with Crippen LogP contribution in [0.3, 0.4) is 0 Å². The van der Waals surface area contributed by atoms with Crippen LogP contribution in [-0.2, 0) is 6.54 Å². The quantitative estimate of drug-likeness (QED) is 0.754. The SMILES string of the molecule is CCn1c(=S)[nH]c2cc(Cl)c(Cl)cc21. The van der Waals surface area contributed by atoms with Crippen LogP contribution in [0.15, 0.2) is 12.1 Å². The number of hydrogen-bond donors (Lipinski definition) is 1. The normalized spacial score (nSPS) is 11.1. The lowest BCUT2D eigenvalue weighted by molar-refractivity contribution is 0.774. The molecule has 0 amide bonds. The molecule has 74 valence electrons. The molecule has 0 saturated heterocycles. The van der Waals surface area contributed by atoms with E-state index in [4.69, 9.17) is 35.4 Å². The maximum Gasteiger partial charge on any atom is 0.178 e. The van der Waals surface area contributed by atoms with E-state index in [1.54, 1.807) is 6.07 Å². The second-order valence-electron chi connectivity index (χ2n) is 2.96. The third kappa shape index (κ3) is 1.45. The van der Waals surface area contributed by atoms with Crippen molar-refractivity contribution in [3.05, 3.63) is 26.9 Å². The number of aryl methyl sites for hydroxylation is 1. The largest absolute Gasteiger partial charge is 0.331 e. The molecule has 0 fully saturated rings. The second-order valence-corrected chi connectivity index (χ2v) is 4.16. The predicted molar refractivity (Wildman–Crippen MR) is 62.8 cm³/mol. The Morgan fingerprint density at radius 1 is 1.36 bits per heavy atom. The van der Waals surface area contributed by atoms with Gasteiger partial charge in [-0.3, -0.25) is 0 Å². The monoisotopic (exact) mass is 246 g/mol. The number of rotatable bonds is 1. The number of hydrogen-bond acceptors (Lipinski definition) is 1. The van der Waals surface area contributed by atoms with Gasteiger partial charge in [0.05, 0.1) is 21.1 Å². The number of aromatic amines is 1. The lowest BCUT2D eigenvalue weighted by atomic mass is 10.3. The van der Waals surface area contributed by atoms with Gasteiger partial charge in [0, 0.05) is 6.54 Å². The Hall–Kier alpha value is -0.510. The first kappa shape index (κ1) is 10.0. The number of benzene rings is 1. The maximum atomic E-state index is 5.93. The summed E-state index contributed by atoms with van der Waals surface area (Å²) in [7, 11) is 0. The van der Waals surface area contributed by atoms with Crippen molar-refractivity contribution in [3.63, 3.8) is 0 Å². The lowest BCUT2D eigenvalue weighted by Gasteiger charge is -2.00. The molecule has 0 aliphatic carbocycles. The lowest BCUT2D eigenvalue weighted by Crippen LogP contribution is -1.92. The summed E-state index contributed by atoms with van der Waals surface area (Å²) in [5.74, 6) is 0. The highest BCUT2D eigenvalue weighted by atomic mass is 35.5. The summed E-state index contributed by atoms with van der Waals surface area (Å²) in [6, 6.07) is 3.62. The summed E-state index contributed by atoms with van der Waals surface area (Å²) < 4.78 is 2.67. The van der Waals surface area contributed by atoms with Crippen molar-refractivity contribution in [1.29, 1.82) is 0 Å². The molecule has 5 heteroatoms. The third-order valence-corrected chi connectivity index (χ3v) is 3.18. The van der Waals surface area contributed by atoms with Crippen LogP contribution in [-0.4, -0.2) is 9.55 Å². The maximum absolute atomic E-state index is 5.93. The molecule has 0 atom stereocenters. The molecule has 0 unspecified atom stereocenters. The van der Waals surface area contributed by atoms with E-state index < -0.39 is 0 Å². The van der Waals surface area contributed by atoms with Crippen molar-refractivity contribution in [2.45, 2.75) is 13.5 Å². The fraction of sp³-hybridized carbons (Fsp3) is 0.222. The van der Waals surface area contributed by atoms with Crippen molar-refractivity contribution >= 4 is 46.5 Å². The molecule has 2 rings (SSSR count). The van der Waals surface area contributed by atoms with Gasteiger partial charge in [-0.1, -0.05) is 23.2 Å². The molecule has 0 spiro atoms. The van der Waals surface area contributed by atoms with Crippen molar-refractivity contribution in [2.24, 2.45) is 0 Å². The van der Waals surface area contributed by atoms with Gasteiger partial charge in [0.2, 0.25) is 0 Å². The Balaban J connectivity index is 2.89. The van der Waals surface area contributed by atoms with E-state index in [1.807, 2.05) is 17.6 Å². The van der Waals surface area contributed by atoms with E-state index in [0.29, 0.717) is 14.8 Å². The standard InChI is InChI=1S/C9H8Cl2N2S/c1-2-13-8-4-6(11)5(10)3-7(8)12-9(13)14/h3-4H,2H2,1H3,(H,12,14). The molecule has 14 heavy (non-hydrogen) atoms. The van der Waals surface area contributed by atoms with Gasteiger partial charge in [-0.2, -0.15) is 0 Å². The van der Waals surface area contributed by atoms with Gasteiger partial charge < -0.3 is 9.55 Å². The third-order valence-electron chi connectivity index (χ3n) is 2.13. The summed E-state index contributed by atoms with van der Waals surface area (Å²) in [4.78, 5) is 3.08. The first-order chi connectivity index (χ1) is 6.63. The molecule has 1 heterocycles. The summed E-state index contributed by atoms with van der Waals surface area (Å²) >= 11 is 17.0. The molecule has 0 aliphatic heterocycles. The fourth-order valence-corrected chi connectivity index (χ4v) is 2.12. The Morgan fingerprint density at radius 2 is 2.00 bits per heavy atom. The molecule has 0 saturated carbocycles. The van der Waals surface area contributed by atoms with Crippen molar-refractivity contribution < 1.29 is 0 Å². The first-order valence-electron chi connectivity index (χ1n) is 4.21. The predicted octanol–water partition coefficient (Wildman–Crippen LogP) is 4.03. The molecule has 1 N–H and O–H groups in total. The van der Waals surface area contributed by atoms with E-state index in [9.17, 15) is 0 Å². The molecular weight excluding hydrogens is 239 g/mol. The van der Waals surface area contributed by atoms with Crippen LogP contribution in [0.4, 0.5) is 0 Å². The molecule has 2 nitrogen and oxygen atoms in total. The Labute approximate surface area is 96.4 Å². The average molecular weight is 247 g/mol. The summed E-state index contributed by atoms with van der Waals surface area (Å²) in [6.07, 6.45) is 0. The van der Waals surface area contributed by atoms with Crippen molar-refractivity contribution in [3.8, 4) is 0 Å². The van der Waals surface area contributed by atoms with E-state index in [0.717, 1.165) is 17.6 Å². The van der Waals surface area contributed by atoms with Crippen LogP contribution in [0.2, 0.25) is 10.0 Å². The van der Waals surface area contributed by atoms with Crippen LogP contribution in [0.5, 0.6) is 0 Å². The zero-order chi connectivity index (χ0) is 10.3. The molecular formula is C9H8Cl2N2S. The molecule has 1 aromatic carbocycles. The summed E-state index contributed by atoms with van der Waals surface area (Å²) in [5, 5.41) is 1.09. The molecule has 0 bridgehead atoms. The number of aromatic nitrogens is 2. The smallest absolute Gasteiger partial charge is 0.178 e. The van der Waals surface area contributed by atoms with Crippen LogP contribution < -0.4 is 0 Å². The van der Waals surface area contributed by atoms with Gasteiger partial charge in [-0.15, -0.1) is 0 Å². The summed E-state index contributed by atoms with van der Waals surface area (Å²) in [6.45, 7) is 2.85. The van der Waals surface area contributed by atoms with Gasteiger partial charge in [0.1, 0.15) is 0 Å². The van der Waals surface area contributed by atoms with E-state index in [1.165, 1.54) is 0 Å². The van der Waals surface area contributed by atoms with Gasteiger partial charge >= 0.3 is 0 Å². The Morgan fingerprint density at radius 3 is 2.64 bits per heavy atom. The fourth-order valence-electron chi connectivity index (χ4n) is 1.47. The average Bonchev–Trinajstić information content (AvgIpc) is 2.42. The summed E-state index contributed by atoms with van der Waals surface area (Å²) in [5.41, 5.74) is 1.91. The number of H-pyrrole nitrogens is 1. The van der Waals surface area contributed by atoms with Gasteiger partial charge in [0.15, 0.2) is 4.77 Å². The minimum Gasteiger partial charge on any atom is -0.331 e. The molecule has 0 radical (unpaired) electrons. The highest BCUT2D eigenvalue weighted by Crippen LogP contribution is 2.27. The Kier molecular flexibility index (Phi) is 2.56. The van der Waals surface area contributed by atoms with Crippen LogP contribution in [0.1, 0.15) is 6.92 Å². The van der Waals surface area contributed by atoms with Crippen molar-refractivity contribution in [1.82, 2.24) is 9.55 Å². The zero-order valence-corrected chi connectivity index (χ0v) is 9.80. The van der Waals surface area contributed by atoms with E-state index in [-0.39, 0.29) is 0 Å². The number of nitrogens with one attached hydrogen (secondary N) is 1. The van der Waals surface area contributed by atoms with Gasteiger partial charge in [0.25, 0.3) is 0 Å². The van der Waals surface area contributed by atoms with Crippen LogP contribution >= 0.6 is 35.4 Å². The van der Waals surface area contributed by atoms with Crippen LogP contribution in [0.25, 0.3) is 11.0 Å². The number of imidazole rings is 1. The minimum atomic E-state index is 0.540. The number of fused-ring (bicyclic) bond motifs is 1. The highest BCUT2D eigenvalue weighted by molar-refractivity contribution is 7.71. The van der Waals surface area contributed by atoms with Crippen molar-refractivity contribution in [2.75, 3.05) is 0 Å². The first-order valence-corrected chi connectivity index (χ1v) is 5.37. The minimum absolute atomic E-state index is 0.540. The molecule has 2 aromatic rings. The van der Waals surface area contributed by atoms with Crippen LogP contribution in [0, 0.1) is 4.77 Å². The highest BCUT2D eigenvalue weighted by Gasteiger charge is 2.06. The molecule has 0 aliphatic rings. The second kappa shape index (κ2) is 3.57. The topological polar surface area (TPSA) is 20.7 Å². The number of halogens is 2. The van der Waals surface area contributed by atoms with E-state index >= 15 is 0 Å². The van der Waals surface area contributed by atoms with Gasteiger partial charge in [-0.05, 0) is 31.3 Å².